The summed E-state index contributed by atoms with van der Waals surface area (Å²) in [6, 6.07) is 0. The van der Waals surface area contributed by atoms with Crippen LogP contribution < -0.4 is 0 Å². The maximum Gasteiger partial charge on any atom is 0.166 e. The Labute approximate surface area is 92.3 Å². The molecule has 0 unspecified atom stereocenters. The van der Waals surface area contributed by atoms with Gasteiger partial charge in [0.15, 0.2) is 5.67 Å². The van der Waals surface area contributed by atoms with E-state index in [1.54, 1.807) is 0 Å². The molecule has 0 spiro atoms. The molecule has 0 aromatic rings. The fourth-order valence-electron chi connectivity index (χ4n) is 2.02. The molecule has 1 saturated carbocycles. The van der Waals surface area contributed by atoms with Gasteiger partial charge in [-0.2, -0.15) is 0 Å². The second-order valence-electron chi connectivity index (χ2n) is 4.41. The monoisotopic (exact) mass is 299 g/mol. The highest BCUT2D eigenvalue weighted by Gasteiger charge is 2.66. The third-order valence-corrected chi connectivity index (χ3v) is 3.51. The topological polar surface area (TPSA) is 12.5 Å². The molecule has 2 aliphatic rings. The van der Waals surface area contributed by atoms with Gasteiger partial charge in [-0.15, -0.1) is 0 Å². The average Bonchev–Trinajstić information content (AvgIpc) is 2.65. The number of hydrogen-bond donors (Lipinski definition) is 0. The van der Waals surface area contributed by atoms with Gasteiger partial charge in [0.25, 0.3) is 0 Å². The van der Waals surface area contributed by atoms with Gasteiger partial charge in [0.1, 0.15) is 5.60 Å². The molecule has 13 heavy (non-hydrogen) atoms. The van der Waals surface area contributed by atoms with Gasteiger partial charge < -0.3 is 4.74 Å². The van der Waals surface area contributed by atoms with Crippen LogP contribution in [-0.4, -0.2) is 33.6 Å². The Morgan fingerprint density at radius 2 is 1.92 bits per heavy atom. The van der Waals surface area contributed by atoms with E-state index < -0.39 is 11.3 Å². The van der Waals surface area contributed by atoms with Gasteiger partial charge in [-0.1, -0.05) is 0 Å². The molecule has 4 heteroatoms. The van der Waals surface area contributed by atoms with Crippen molar-refractivity contribution in [1.29, 1.82) is 0 Å². The lowest BCUT2D eigenvalue weighted by Crippen LogP contribution is -2.63. The molecule has 0 N–H and O–H groups in total. The minimum Gasteiger partial charge on any atom is -0.369 e. The van der Waals surface area contributed by atoms with E-state index in [1.165, 1.54) is 0 Å². The fourth-order valence-corrected chi connectivity index (χ4v) is 3.10. The minimum atomic E-state index is -1.07. The van der Waals surface area contributed by atoms with Crippen LogP contribution in [0.4, 0.5) is 4.39 Å². The van der Waals surface area contributed by atoms with E-state index in [0.29, 0.717) is 13.1 Å². The van der Waals surface area contributed by atoms with Crippen molar-refractivity contribution in [1.82, 2.24) is 3.11 Å². The summed E-state index contributed by atoms with van der Waals surface area (Å²) in [5.74, 6) is 0. The molecule has 0 atom stereocenters. The predicted molar refractivity (Wildman–Crippen MR) is 57.6 cm³/mol. The average molecular weight is 299 g/mol. The smallest absolute Gasteiger partial charge is 0.166 e. The Morgan fingerprint density at radius 1 is 1.38 bits per heavy atom. The minimum absolute atomic E-state index is 0.137. The van der Waals surface area contributed by atoms with Crippen molar-refractivity contribution in [3.8, 4) is 0 Å². The van der Waals surface area contributed by atoms with E-state index in [4.69, 9.17) is 4.74 Å². The highest BCUT2D eigenvalue weighted by Crippen LogP contribution is 2.55. The molecule has 1 heterocycles. The second-order valence-corrected chi connectivity index (χ2v) is 5.77. The number of halogens is 2. The van der Waals surface area contributed by atoms with Gasteiger partial charge in [0.05, 0.1) is 6.10 Å². The van der Waals surface area contributed by atoms with Crippen LogP contribution in [-0.2, 0) is 4.74 Å². The largest absolute Gasteiger partial charge is 0.369 e. The molecule has 0 radical (unpaired) electrons. The third kappa shape index (κ3) is 1.61. The van der Waals surface area contributed by atoms with Crippen molar-refractivity contribution in [2.24, 2.45) is 0 Å². The number of alkyl halides is 1. The van der Waals surface area contributed by atoms with Gasteiger partial charge in [-0.05, 0) is 26.7 Å². The number of rotatable bonds is 3. The first kappa shape index (κ1) is 10.1. The van der Waals surface area contributed by atoms with Crippen LogP contribution in [0.3, 0.4) is 0 Å². The normalized spacial score (nSPS) is 30.2. The van der Waals surface area contributed by atoms with Crippen molar-refractivity contribution in [3.63, 3.8) is 0 Å². The van der Waals surface area contributed by atoms with Crippen LogP contribution in [0.2, 0.25) is 0 Å². The number of ether oxygens (including phenoxy) is 1. The molecule has 76 valence electrons. The third-order valence-electron chi connectivity index (χ3n) is 2.83. The lowest BCUT2D eigenvalue weighted by Gasteiger charge is -2.46. The molecule has 0 aromatic heterocycles. The highest BCUT2D eigenvalue weighted by atomic mass is 127. The summed E-state index contributed by atoms with van der Waals surface area (Å²) in [4.78, 5) is 0. The number of nitrogens with zero attached hydrogens (tertiary/aromatic N) is 1. The summed E-state index contributed by atoms with van der Waals surface area (Å²) in [6.45, 7) is 5.01. The summed E-state index contributed by atoms with van der Waals surface area (Å²) >= 11 is 2.16. The summed E-state index contributed by atoms with van der Waals surface area (Å²) < 4.78 is 21.9. The highest BCUT2D eigenvalue weighted by molar-refractivity contribution is 14.1. The van der Waals surface area contributed by atoms with E-state index in [2.05, 4.69) is 22.9 Å². The van der Waals surface area contributed by atoms with E-state index in [1.807, 2.05) is 17.0 Å². The van der Waals surface area contributed by atoms with Gasteiger partial charge in [-0.25, -0.2) is 7.50 Å². The van der Waals surface area contributed by atoms with Gasteiger partial charge >= 0.3 is 0 Å². The van der Waals surface area contributed by atoms with Crippen LogP contribution in [0.25, 0.3) is 0 Å². The molecule has 0 amide bonds. The van der Waals surface area contributed by atoms with Crippen molar-refractivity contribution in [3.05, 3.63) is 0 Å². The SMILES string of the molecule is CC(C)OC1(C2(F)CN(I)C2)CC1. The quantitative estimate of drug-likeness (QED) is 0.586. The van der Waals surface area contributed by atoms with Gasteiger partial charge in [0.2, 0.25) is 0 Å². The Kier molecular flexibility index (Phi) is 2.36. The molecule has 2 fully saturated rings. The summed E-state index contributed by atoms with van der Waals surface area (Å²) in [5.41, 5.74) is -1.50. The molecular formula is C9H15FINO. The number of hydrogen-bond acceptors (Lipinski definition) is 2. The van der Waals surface area contributed by atoms with Crippen molar-refractivity contribution < 1.29 is 9.13 Å². The van der Waals surface area contributed by atoms with E-state index in [-0.39, 0.29) is 6.10 Å². The van der Waals surface area contributed by atoms with E-state index >= 15 is 0 Å². The zero-order valence-electron chi connectivity index (χ0n) is 8.02. The van der Waals surface area contributed by atoms with Gasteiger partial charge in [0, 0.05) is 36.0 Å². The molecule has 0 aromatic carbocycles. The summed E-state index contributed by atoms with van der Waals surface area (Å²) in [7, 11) is 0. The molecular weight excluding hydrogens is 284 g/mol. The summed E-state index contributed by atoms with van der Waals surface area (Å²) in [6.07, 6.45) is 1.93. The first-order valence-electron chi connectivity index (χ1n) is 4.75. The maximum atomic E-state index is 14.2. The van der Waals surface area contributed by atoms with Crippen LogP contribution in [0.15, 0.2) is 0 Å². The molecule has 2 nitrogen and oxygen atoms in total. The lowest BCUT2D eigenvalue weighted by molar-refractivity contribution is -0.143. The molecule has 2 rings (SSSR count). The Balaban J connectivity index is 1.99. The second kappa shape index (κ2) is 3.03. The van der Waals surface area contributed by atoms with Crippen LogP contribution in [0.5, 0.6) is 0 Å². The predicted octanol–water partition coefficient (Wildman–Crippen LogP) is 2.32. The lowest BCUT2D eigenvalue weighted by atomic mass is 9.90. The molecule has 0 bridgehead atoms. The Morgan fingerprint density at radius 3 is 2.23 bits per heavy atom. The van der Waals surface area contributed by atoms with E-state index in [0.717, 1.165) is 12.8 Å². The first-order valence-corrected chi connectivity index (χ1v) is 5.71. The van der Waals surface area contributed by atoms with Crippen LogP contribution >= 0.6 is 22.9 Å². The van der Waals surface area contributed by atoms with Gasteiger partial charge in [-0.3, -0.25) is 0 Å². The zero-order valence-corrected chi connectivity index (χ0v) is 10.2. The molecule has 1 saturated heterocycles. The fraction of sp³-hybridized carbons (Fsp3) is 1.00. The first-order chi connectivity index (χ1) is 5.97. The zero-order chi connectivity index (χ0) is 9.69. The Hall–Kier alpha value is 0.580. The van der Waals surface area contributed by atoms with Crippen LogP contribution in [0, 0.1) is 0 Å². The van der Waals surface area contributed by atoms with Crippen molar-refractivity contribution >= 4 is 22.9 Å². The molecule has 1 aliphatic heterocycles. The standard InChI is InChI=1S/C9H15FINO/c1-7(2)13-9(3-4-9)8(10)5-12(11)6-8/h7H,3-6H2,1-2H3. The molecule has 1 aliphatic carbocycles. The Bertz CT molecular complexity index is 212. The summed E-state index contributed by atoms with van der Waals surface area (Å²) in [5, 5.41) is 0. The van der Waals surface area contributed by atoms with E-state index in [9.17, 15) is 4.39 Å². The van der Waals surface area contributed by atoms with Crippen LogP contribution in [0.1, 0.15) is 26.7 Å². The maximum absolute atomic E-state index is 14.2. The van der Waals surface area contributed by atoms with Crippen molar-refractivity contribution in [2.75, 3.05) is 13.1 Å². The van der Waals surface area contributed by atoms with Crippen molar-refractivity contribution in [2.45, 2.75) is 44.1 Å².